The first-order valence-corrected chi connectivity index (χ1v) is 13.3. The van der Waals surface area contributed by atoms with E-state index in [-0.39, 0.29) is 47.7 Å². The zero-order valence-corrected chi connectivity index (χ0v) is 22.5. The minimum absolute atomic E-state index is 0.0647. The van der Waals surface area contributed by atoms with Crippen molar-refractivity contribution in [3.05, 3.63) is 17.5 Å². The summed E-state index contributed by atoms with van der Waals surface area (Å²) in [6, 6.07) is 2.02. The molecule has 4 fully saturated rings. The van der Waals surface area contributed by atoms with E-state index in [0.717, 1.165) is 31.4 Å². The fraction of sp³-hybridized carbons (Fsp3) is 0.731. The van der Waals surface area contributed by atoms with Crippen LogP contribution in [0.5, 0.6) is 0 Å². The van der Waals surface area contributed by atoms with E-state index in [1.807, 2.05) is 26.8 Å². The van der Waals surface area contributed by atoms with E-state index in [1.54, 1.807) is 9.80 Å². The monoisotopic (exact) mass is 516 g/mol. The van der Waals surface area contributed by atoms with E-state index in [2.05, 4.69) is 34.7 Å². The summed E-state index contributed by atoms with van der Waals surface area (Å²) < 4.78 is 5.23. The zero-order valence-electron chi connectivity index (χ0n) is 22.5. The van der Waals surface area contributed by atoms with Gasteiger partial charge in [0, 0.05) is 43.7 Å². The van der Waals surface area contributed by atoms with Gasteiger partial charge in [-0.3, -0.25) is 19.5 Å². The zero-order chi connectivity index (χ0) is 26.9. The quantitative estimate of drug-likeness (QED) is 0.529. The molecule has 2 saturated heterocycles. The van der Waals surface area contributed by atoms with Crippen LogP contribution in [0.4, 0.5) is 4.79 Å². The smallest absolute Gasteiger partial charge is 0.410 e. The van der Waals surface area contributed by atoms with Crippen LogP contribution in [0.2, 0.25) is 0 Å². The number of aromatic nitrogens is 2. The van der Waals surface area contributed by atoms with Crippen LogP contribution < -0.4 is 10.6 Å². The van der Waals surface area contributed by atoms with Gasteiger partial charge in [-0.15, -0.1) is 0 Å². The number of rotatable bonds is 6. The number of carbonyl (C=O) groups excluding carboxylic acids is 4. The minimum atomic E-state index is -0.459. The van der Waals surface area contributed by atoms with Gasteiger partial charge in [0.1, 0.15) is 11.3 Å². The van der Waals surface area contributed by atoms with Crippen molar-refractivity contribution >= 4 is 23.8 Å². The molecule has 3 heterocycles. The lowest BCUT2D eigenvalue weighted by Crippen LogP contribution is -2.61. The molecule has 0 radical (unpaired) electrons. The summed E-state index contributed by atoms with van der Waals surface area (Å²) in [4.78, 5) is 50.2. The van der Waals surface area contributed by atoms with Gasteiger partial charge < -0.3 is 25.2 Å². The second kappa shape index (κ2) is 10.7. The number of ether oxygens (including phenoxy) is 1. The molecule has 2 saturated carbocycles. The summed E-state index contributed by atoms with van der Waals surface area (Å²) in [6.07, 6.45) is 3.73. The number of carbonyl (C=O) groups is 4. The van der Waals surface area contributed by atoms with Gasteiger partial charge in [0.15, 0.2) is 0 Å². The summed E-state index contributed by atoms with van der Waals surface area (Å²) in [6.45, 7) is 11.9. The minimum Gasteiger partial charge on any atom is -0.444 e. The molecule has 11 nitrogen and oxygen atoms in total. The molecule has 4 aliphatic rings. The highest BCUT2D eigenvalue weighted by Gasteiger charge is 2.38. The van der Waals surface area contributed by atoms with Gasteiger partial charge in [0.2, 0.25) is 11.8 Å². The predicted octanol–water partition coefficient (Wildman–Crippen LogP) is 2.02. The number of H-pyrrole nitrogens is 1. The summed E-state index contributed by atoms with van der Waals surface area (Å²) >= 11 is 0. The number of amides is 4. The second-order valence-electron chi connectivity index (χ2n) is 11.9. The number of hydrogen-bond donors (Lipinski definition) is 3. The van der Waals surface area contributed by atoms with E-state index in [1.165, 1.54) is 0 Å². The third-order valence-electron chi connectivity index (χ3n) is 6.73. The number of hydrogen-bond acceptors (Lipinski definition) is 6. The fourth-order valence-electron chi connectivity index (χ4n) is 4.01. The Morgan fingerprint density at radius 1 is 0.919 bits per heavy atom. The summed E-state index contributed by atoms with van der Waals surface area (Å²) in [5, 5.41) is 12.9. The first-order valence-electron chi connectivity index (χ1n) is 13.3. The molecule has 1 aromatic heterocycles. The van der Waals surface area contributed by atoms with Gasteiger partial charge in [0.05, 0.1) is 12.1 Å². The van der Waals surface area contributed by atoms with Crippen LogP contribution in [0.15, 0.2) is 6.07 Å². The van der Waals surface area contributed by atoms with Crippen molar-refractivity contribution in [3.63, 3.8) is 0 Å². The first-order chi connectivity index (χ1) is 17.4. The van der Waals surface area contributed by atoms with E-state index in [4.69, 9.17) is 4.74 Å². The summed E-state index contributed by atoms with van der Waals surface area (Å²) in [7, 11) is 0. The van der Waals surface area contributed by atoms with Crippen molar-refractivity contribution in [2.45, 2.75) is 83.9 Å². The standard InChI is InChI=1S/C14H20N4O2.C12H20N2O3/c1-8(2)11-5-12(17-16-11)14(20)18-6-10(7-18)15-13(19)9-3-4-9;1-12(2,3)17-11(16)14-6-9(7-14)13-10(15)8-4-5-8/h5,8-10H,3-4,6-7H2,1-2H3,(H,15,19)(H,16,17);8-9H,4-7H2,1-3H3,(H,13,15). The van der Waals surface area contributed by atoms with Crippen LogP contribution in [0.3, 0.4) is 0 Å². The molecule has 1 aromatic rings. The Bertz CT molecular complexity index is 1010. The van der Waals surface area contributed by atoms with E-state index < -0.39 is 5.60 Å². The maximum absolute atomic E-state index is 12.2. The van der Waals surface area contributed by atoms with Gasteiger partial charge in [-0.25, -0.2) is 4.79 Å². The average Bonchev–Trinajstić information content (AvgIpc) is 3.68. The van der Waals surface area contributed by atoms with Gasteiger partial charge in [-0.05, 0) is 58.4 Å². The predicted molar refractivity (Wildman–Crippen MR) is 136 cm³/mol. The van der Waals surface area contributed by atoms with Crippen LogP contribution in [0.25, 0.3) is 0 Å². The fourth-order valence-corrected chi connectivity index (χ4v) is 4.01. The third-order valence-corrected chi connectivity index (χ3v) is 6.73. The average molecular weight is 517 g/mol. The van der Waals surface area contributed by atoms with Gasteiger partial charge in [-0.1, -0.05) is 13.8 Å². The molecule has 37 heavy (non-hydrogen) atoms. The molecular formula is C26H40N6O5. The second-order valence-corrected chi connectivity index (χ2v) is 11.9. The molecule has 2 aliphatic heterocycles. The Labute approximate surface area is 218 Å². The van der Waals surface area contributed by atoms with Gasteiger partial charge in [0.25, 0.3) is 5.91 Å². The lowest BCUT2D eigenvalue weighted by molar-refractivity contribution is -0.124. The molecule has 204 valence electrons. The Morgan fingerprint density at radius 3 is 1.81 bits per heavy atom. The van der Waals surface area contributed by atoms with Crippen molar-refractivity contribution in [2.24, 2.45) is 11.8 Å². The van der Waals surface area contributed by atoms with Crippen molar-refractivity contribution in [1.29, 1.82) is 0 Å². The van der Waals surface area contributed by atoms with Gasteiger partial charge >= 0.3 is 6.09 Å². The van der Waals surface area contributed by atoms with Crippen LogP contribution in [-0.4, -0.2) is 87.7 Å². The molecule has 11 heteroatoms. The third kappa shape index (κ3) is 7.45. The highest BCUT2D eigenvalue weighted by Crippen LogP contribution is 2.30. The van der Waals surface area contributed by atoms with E-state index >= 15 is 0 Å². The van der Waals surface area contributed by atoms with E-state index in [0.29, 0.717) is 37.8 Å². The molecule has 0 atom stereocenters. The molecule has 0 unspecified atom stereocenters. The molecule has 5 rings (SSSR count). The van der Waals surface area contributed by atoms with Crippen molar-refractivity contribution in [3.8, 4) is 0 Å². The number of aromatic amines is 1. The molecule has 0 spiro atoms. The topological polar surface area (TPSA) is 137 Å². The highest BCUT2D eigenvalue weighted by atomic mass is 16.6. The SMILES string of the molecule is CC(C)(C)OC(=O)N1CC(NC(=O)C2CC2)C1.CC(C)c1cc(C(=O)N2CC(NC(=O)C3CC3)C2)n[nH]1. The Morgan fingerprint density at radius 2 is 1.41 bits per heavy atom. The van der Waals surface area contributed by atoms with Crippen molar-refractivity contribution in [1.82, 2.24) is 30.6 Å². The van der Waals surface area contributed by atoms with Crippen LogP contribution in [0.1, 0.15) is 82.4 Å². The Hall–Kier alpha value is -3.11. The molecule has 0 bridgehead atoms. The Kier molecular flexibility index (Phi) is 7.80. The van der Waals surface area contributed by atoms with Crippen LogP contribution >= 0.6 is 0 Å². The van der Waals surface area contributed by atoms with Crippen molar-refractivity contribution < 1.29 is 23.9 Å². The lowest BCUT2D eigenvalue weighted by atomic mass is 10.1. The lowest BCUT2D eigenvalue weighted by Gasteiger charge is -2.40. The highest BCUT2D eigenvalue weighted by molar-refractivity contribution is 5.93. The maximum atomic E-state index is 12.2. The molecule has 0 aromatic carbocycles. The number of nitrogens with one attached hydrogen (secondary N) is 3. The maximum Gasteiger partial charge on any atom is 0.410 e. The molecular weight excluding hydrogens is 476 g/mol. The Balaban J connectivity index is 0.000000176. The summed E-state index contributed by atoms with van der Waals surface area (Å²) in [5.74, 6) is 0.990. The van der Waals surface area contributed by atoms with E-state index in [9.17, 15) is 19.2 Å². The normalized spacial score (nSPS) is 19.8. The molecule has 3 N–H and O–H groups in total. The van der Waals surface area contributed by atoms with Gasteiger partial charge in [-0.2, -0.15) is 5.10 Å². The number of nitrogens with zero attached hydrogens (tertiary/aromatic N) is 3. The van der Waals surface area contributed by atoms with Crippen LogP contribution in [0, 0.1) is 11.8 Å². The van der Waals surface area contributed by atoms with Crippen LogP contribution in [-0.2, 0) is 14.3 Å². The summed E-state index contributed by atoms with van der Waals surface area (Å²) in [5.41, 5.74) is 0.965. The first kappa shape index (κ1) is 26.9. The van der Waals surface area contributed by atoms with Crippen molar-refractivity contribution in [2.75, 3.05) is 26.2 Å². The largest absolute Gasteiger partial charge is 0.444 e. The molecule has 4 amide bonds. The number of likely N-dealkylation sites (tertiary alicyclic amines) is 2. The molecule has 2 aliphatic carbocycles.